The molecule has 1 aliphatic rings. The van der Waals surface area contributed by atoms with Crippen LogP contribution >= 0.6 is 0 Å². The molecule has 1 heterocycles. The highest BCUT2D eigenvalue weighted by atomic mass is 19.1. The number of nitrogens with zero attached hydrogens (tertiary/aromatic N) is 1. The van der Waals surface area contributed by atoms with Crippen LogP contribution in [-0.2, 0) is 4.79 Å². The van der Waals surface area contributed by atoms with Gasteiger partial charge in [-0.05, 0) is 36.4 Å². The van der Waals surface area contributed by atoms with Crippen LogP contribution in [0.4, 0.5) is 10.1 Å². The highest BCUT2D eigenvalue weighted by Gasteiger charge is 2.32. The number of halogens is 1. The standard InChI is InChI=1S/C18H17FN2O3/c1-24-14-8-6-13(7-9-14)21-11-12(10-17(21)22)20-18(23)15-4-2-3-5-16(15)19/h2-9,12H,10-11H2,1H3,(H,20,23). The fourth-order valence-corrected chi connectivity index (χ4v) is 2.72. The molecule has 1 aliphatic heterocycles. The number of rotatable bonds is 4. The zero-order valence-corrected chi connectivity index (χ0v) is 13.2. The van der Waals surface area contributed by atoms with Crippen molar-refractivity contribution in [3.05, 3.63) is 59.9 Å². The third kappa shape index (κ3) is 3.22. The van der Waals surface area contributed by atoms with Gasteiger partial charge in [0.25, 0.3) is 5.91 Å². The molecule has 1 N–H and O–H groups in total. The van der Waals surface area contributed by atoms with E-state index >= 15 is 0 Å². The number of carbonyl (C=O) groups excluding carboxylic acids is 2. The Morgan fingerprint density at radius 2 is 1.92 bits per heavy atom. The lowest BCUT2D eigenvalue weighted by Gasteiger charge is -2.17. The highest BCUT2D eigenvalue weighted by Crippen LogP contribution is 2.24. The van der Waals surface area contributed by atoms with E-state index in [4.69, 9.17) is 4.74 Å². The van der Waals surface area contributed by atoms with Crippen LogP contribution in [0.2, 0.25) is 0 Å². The van der Waals surface area contributed by atoms with E-state index in [2.05, 4.69) is 5.32 Å². The van der Waals surface area contributed by atoms with Gasteiger partial charge in [0, 0.05) is 18.7 Å². The van der Waals surface area contributed by atoms with E-state index in [0.717, 1.165) is 5.69 Å². The molecule has 5 nitrogen and oxygen atoms in total. The van der Waals surface area contributed by atoms with Gasteiger partial charge >= 0.3 is 0 Å². The third-order valence-corrected chi connectivity index (χ3v) is 3.96. The molecule has 0 saturated carbocycles. The maximum atomic E-state index is 13.7. The summed E-state index contributed by atoms with van der Waals surface area (Å²) < 4.78 is 18.8. The Morgan fingerprint density at radius 3 is 2.58 bits per heavy atom. The number of methoxy groups -OCH3 is 1. The molecule has 124 valence electrons. The van der Waals surface area contributed by atoms with E-state index in [9.17, 15) is 14.0 Å². The first-order chi connectivity index (χ1) is 11.6. The molecule has 2 amide bonds. The van der Waals surface area contributed by atoms with Crippen molar-refractivity contribution in [2.24, 2.45) is 0 Å². The monoisotopic (exact) mass is 328 g/mol. The van der Waals surface area contributed by atoms with Gasteiger partial charge in [-0.1, -0.05) is 12.1 Å². The molecule has 0 aliphatic carbocycles. The summed E-state index contributed by atoms with van der Waals surface area (Å²) in [5, 5.41) is 2.72. The van der Waals surface area contributed by atoms with E-state index in [-0.39, 0.29) is 23.9 Å². The molecule has 0 aromatic heterocycles. The molecule has 24 heavy (non-hydrogen) atoms. The smallest absolute Gasteiger partial charge is 0.254 e. The lowest BCUT2D eigenvalue weighted by atomic mass is 10.1. The molecular formula is C18H17FN2O3. The third-order valence-electron chi connectivity index (χ3n) is 3.96. The van der Waals surface area contributed by atoms with Gasteiger partial charge in [-0.2, -0.15) is 0 Å². The van der Waals surface area contributed by atoms with Crippen LogP contribution in [0.5, 0.6) is 5.75 Å². The molecule has 1 atom stereocenters. The van der Waals surface area contributed by atoms with E-state index in [0.29, 0.717) is 12.3 Å². The van der Waals surface area contributed by atoms with Gasteiger partial charge in [-0.3, -0.25) is 9.59 Å². The number of ether oxygens (including phenoxy) is 1. The topological polar surface area (TPSA) is 58.6 Å². The van der Waals surface area contributed by atoms with Gasteiger partial charge in [-0.15, -0.1) is 0 Å². The maximum absolute atomic E-state index is 13.7. The summed E-state index contributed by atoms with van der Waals surface area (Å²) in [6, 6.07) is 12.5. The number of carbonyl (C=O) groups is 2. The quantitative estimate of drug-likeness (QED) is 0.937. The van der Waals surface area contributed by atoms with Crippen LogP contribution in [0, 0.1) is 5.82 Å². The molecule has 6 heteroatoms. The number of amides is 2. The molecule has 1 saturated heterocycles. The summed E-state index contributed by atoms with van der Waals surface area (Å²) >= 11 is 0. The Labute approximate surface area is 139 Å². The van der Waals surface area contributed by atoms with E-state index in [1.807, 2.05) is 0 Å². The van der Waals surface area contributed by atoms with Gasteiger partial charge in [0.2, 0.25) is 5.91 Å². The minimum atomic E-state index is -0.577. The zero-order valence-electron chi connectivity index (χ0n) is 13.2. The normalized spacial score (nSPS) is 17.0. The van der Waals surface area contributed by atoms with Gasteiger partial charge < -0.3 is 15.0 Å². The Balaban J connectivity index is 1.68. The molecular weight excluding hydrogens is 311 g/mol. The summed E-state index contributed by atoms with van der Waals surface area (Å²) in [4.78, 5) is 26.0. The van der Waals surface area contributed by atoms with Crippen LogP contribution in [0.1, 0.15) is 16.8 Å². The summed E-state index contributed by atoms with van der Waals surface area (Å²) in [5.74, 6) is -0.470. The first kappa shape index (κ1) is 16.0. The molecule has 1 fully saturated rings. The van der Waals surface area contributed by atoms with Crippen LogP contribution in [-0.4, -0.2) is 31.5 Å². The fourth-order valence-electron chi connectivity index (χ4n) is 2.72. The summed E-state index contributed by atoms with van der Waals surface area (Å²) in [6.45, 7) is 0.353. The average Bonchev–Trinajstić information content (AvgIpc) is 2.95. The molecule has 2 aromatic carbocycles. The fraction of sp³-hybridized carbons (Fsp3) is 0.222. The van der Waals surface area contributed by atoms with Crippen molar-refractivity contribution >= 4 is 17.5 Å². The Morgan fingerprint density at radius 1 is 1.21 bits per heavy atom. The van der Waals surface area contributed by atoms with Gasteiger partial charge in [0.05, 0.1) is 18.7 Å². The molecule has 3 rings (SSSR count). The Hall–Kier alpha value is -2.89. The second-order valence-electron chi connectivity index (χ2n) is 5.56. The predicted molar refractivity (Wildman–Crippen MR) is 87.6 cm³/mol. The molecule has 1 unspecified atom stereocenters. The van der Waals surface area contributed by atoms with Crippen LogP contribution in [0.3, 0.4) is 0 Å². The van der Waals surface area contributed by atoms with Crippen molar-refractivity contribution in [3.8, 4) is 5.75 Å². The SMILES string of the molecule is COc1ccc(N2CC(NC(=O)c3ccccc3F)CC2=O)cc1. The van der Waals surface area contributed by atoms with Crippen molar-refractivity contribution in [1.82, 2.24) is 5.32 Å². The lowest BCUT2D eigenvalue weighted by molar-refractivity contribution is -0.117. The molecule has 0 spiro atoms. The van der Waals surface area contributed by atoms with Crippen molar-refractivity contribution in [3.63, 3.8) is 0 Å². The highest BCUT2D eigenvalue weighted by molar-refractivity contribution is 5.99. The molecule has 0 radical (unpaired) electrons. The van der Waals surface area contributed by atoms with Gasteiger partial charge in [-0.25, -0.2) is 4.39 Å². The minimum absolute atomic E-state index is 0.0205. The van der Waals surface area contributed by atoms with Gasteiger partial charge in [0.15, 0.2) is 0 Å². The van der Waals surface area contributed by atoms with Crippen molar-refractivity contribution in [1.29, 1.82) is 0 Å². The lowest BCUT2D eigenvalue weighted by Crippen LogP contribution is -2.37. The van der Waals surface area contributed by atoms with E-state index in [1.54, 1.807) is 42.3 Å². The molecule has 0 bridgehead atoms. The Kier molecular flexibility index (Phi) is 4.46. The van der Waals surface area contributed by atoms with Gasteiger partial charge in [0.1, 0.15) is 11.6 Å². The van der Waals surface area contributed by atoms with Crippen molar-refractivity contribution in [2.75, 3.05) is 18.6 Å². The summed E-state index contributed by atoms with van der Waals surface area (Å²) in [5.41, 5.74) is 0.719. The predicted octanol–water partition coefficient (Wildman–Crippen LogP) is 2.37. The minimum Gasteiger partial charge on any atom is -0.497 e. The van der Waals surface area contributed by atoms with Crippen LogP contribution in [0.25, 0.3) is 0 Å². The summed E-state index contributed by atoms with van der Waals surface area (Å²) in [6.07, 6.45) is 0.187. The number of hydrogen-bond acceptors (Lipinski definition) is 3. The number of benzene rings is 2. The second-order valence-corrected chi connectivity index (χ2v) is 5.56. The second kappa shape index (κ2) is 6.70. The summed E-state index contributed by atoms with van der Waals surface area (Å²) in [7, 11) is 1.57. The Bertz CT molecular complexity index is 761. The number of nitrogens with one attached hydrogen (secondary N) is 1. The van der Waals surface area contributed by atoms with Crippen LogP contribution < -0.4 is 15.0 Å². The van der Waals surface area contributed by atoms with Crippen LogP contribution in [0.15, 0.2) is 48.5 Å². The van der Waals surface area contributed by atoms with E-state index < -0.39 is 11.7 Å². The van der Waals surface area contributed by atoms with Crippen molar-refractivity contribution in [2.45, 2.75) is 12.5 Å². The zero-order chi connectivity index (χ0) is 17.1. The molecule has 2 aromatic rings. The number of hydrogen-bond donors (Lipinski definition) is 1. The largest absolute Gasteiger partial charge is 0.497 e. The average molecular weight is 328 g/mol. The van der Waals surface area contributed by atoms with Crippen molar-refractivity contribution < 1.29 is 18.7 Å². The first-order valence-electron chi connectivity index (χ1n) is 7.58. The first-order valence-corrected chi connectivity index (χ1v) is 7.58. The van der Waals surface area contributed by atoms with E-state index in [1.165, 1.54) is 18.2 Å². The maximum Gasteiger partial charge on any atom is 0.254 e. The number of anilines is 1.